The van der Waals surface area contributed by atoms with Crippen LogP contribution >= 0.6 is 12.2 Å². The third-order valence-corrected chi connectivity index (χ3v) is 6.30. The summed E-state index contributed by atoms with van der Waals surface area (Å²) in [7, 11) is 1.55. The number of nitrogens with one attached hydrogen (secondary N) is 1. The van der Waals surface area contributed by atoms with Crippen LogP contribution in [0.4, 0.5) is 0 Å². The SMILES string of the molecule is C=CCOc1ccc(/C=C(\C)C(=O)N2C(=S)NC(C)=C(C(=O)OCC)C2c2ccccc2OC(C)C)cc1OC. The highest BCUT2D eigenvalue weighted by Crippen LogP contribution is 2.40. The van der Waals surface area contributed by atoms with Gasteiger partial charge in [0.05, 0.1) is 25.4 Å². The van der Waals surface area contributed by atoms with Gasteiger partial charge in [0.15, 0.2) is 16.6 Å². The molecule has 1 heterocycles. The summed E-state index contributed by atoms with van der Waals surface area (Å²) in [6, 6.07) is 11.8. The minimum Gasteiger partial charge on any atom is -0.493 e. The monoisotopic (exact) mass is 564 g/mol. The highest BCUT2D eigenvalue weighted by atomic mass is 32.1. The average Bonchev–Trinajstić information content (AvgIpc) is 2.91. The second kappa shape index (κ2) is 13.8. The highest BCUT2D eigenvalue weighted by molar-refractivity contribution is 7.80. The van der Waals surface area contributed by atoms with E-state index in [1.54, 1.807) is 52.2 Å². The van der Waals surface area contributed by atoms with Gasteiger partial charge >= 0.3 is 5.97 Å². The molecule has 0 spiro atoms. The van der Waals surface area contributed by atoms with Crippen molar-refractivity contribution >= 4 is 35.3 Å². The van der Waals surface area contributed by atoms with E-state index in [2.05, 4.69) is 11.9 Å². The van der Waals surface area contributed by atoms with E-state index in [0.29, 0.717) is 40.7 Å². The Balaban J connectivity index is 2.11. The molecule has 0 fully saturated rings. The van der Waals surface area contributed by atoms with Crippen molar-refractivity contribution in [3.05, 3.63) is 83.1 Å². The van der Waals surface area contributed by atoms with Gasteiger partial charge in [-0.15, -0.1) is 0 Å². The Morgan fingerprint density at radius 2 is 1.88 bits per heavy atom. The zero-order chi connectivity index (χ0) is 29.4. The number of para-hydroxylation sites is 1. The number of methoxy groups -OCH3 is 1. The van der Waals surface area contributed by atoms with E-state index in [0.717, 1.165) is 5.56 Å². The van der Waals surface area contributed by atoms with Crippen molar-refractivity contribution in [2.75, 3.05) is 20.3 Å². The third-order valence-electron chi connectivity index (χ3n) is 6.00. The lowest BCUT2D eigenvalue weighted by molar-refractivity contribution is -0.139. The molecular formula is C31H36N2O6S. The first-order valence-corrected chi connectivity index (χ1v) is 13.4. The predicted octanol–water partition coefficient (Wildman–Crippen LogP) is 5.75. The second-order valence-electron chi connectivity index (χ2n) is 9.31. The fraction of sp³-hybridized carbons (Fsp3) is 0.323. The number of nitrogens with zero attached hydrogens (tertiary/aromatic N) is 1. The molecule has 9 heteroatoms. The van der Waals surface area contributed by atoms with Crippen molar-refractivity contribution in [3.63, 3.8) is 0 Å². The fourth-order valence-corrected chi connectivity index (χ4v) is 4.67. The quantitative estimate of drug-likeness (QED) is 0.160. The van der Waals surface area contributed by atoms with Crippen LogP contribution < -0.4 is 19.5 Å². The number of allylic oxidation sites excluding steroid dienone is 1. The topological polar surface area (TPSA) is 86.3 Å². The molecule has 3 rings (SSSR count). The van der Waals surface area contributed by atoms with Crippen molar-refractivity contribution in [2.45, 2.75) is 46.8 Å². The number of hydrogen-bond donors (Lipinski definition) is 1. The van der Waals surface area contributed by atoms with Gasteiger partial charge in [-0.1, -0.05) is 36.9 Å². The Labute approximate surface area is 241 Å². The van der Waals surface area contributed by atoms with Gasteiger partial charge in [-0.25, -0.2) is 4.79 Å². The van der Waals surface area contributed by atoms with Gasteiger partial charge in [0, 0.05) is 16.8 Å². The van der Waals surface area contributed by atoms with Gasteiger partial charge in [-0.3, -0.25) is 9.69 Å². The lowest BCUT2D eigenvalue weighted by atomic mass is 9.92. The summed E-state index contributed by atoms with van der Waals surface area (Å²) >= 11 is 5.67. The van der Waals surface area contributed by atoms with Gasteiger partial charge in [0.1, 0.15) is 18.4 Å². The van der Waals surface area contributed by atoms with Crippen molar-refractivity contribution < 1.29 is 28.5 Å². The maximum Gasteiger partial charge on any atom is 0.338 e. The molecule has 1 amide bonds. The summed E-state index contributed by atoms with van der Waals surface area (Å²) in [4.78, 5) is 28.7. The van der Waals surface area contributed by atoms with Crippen molar-refractivity contribution in [1.29, 1.82) is 0 Å². The summed E-state index contributed by atoms with van der Waals surface area (Å²) < 4.78 is 22.6. The first kappa shape index (κ1) is 30.4. The average molecular weight is 565 g/mol. The standard InChI is InChI=1S/C31H36N2O6S/c1-8-16-38-25-15-14-22(18-26(25)36-7)17-20(5)29(34)33-28(23-12-10-11-13-24(23)39-19(3)4)27(30(35)37-9-2)21(6)32-31(33)40/h8,10-15,17-19,28H,1,9,16H2,2-7H3,(H,32,40)/b20-17+. The number of benzene rings is 2. The van der Waals surface area contributed by atoms with Crippen LogP contribution in [0.5, 0.6) is 17.2 Å². The molecule has 40 heavy (non-hydrogen) atoms. The summed E-state index contributed by atoms with van der Waals surface area (Å²) in [6.45, 7) is 13.2. The summed E-state index contributed by atoms with van der Waals surface area (Å²) in [6.07, 6.45) is 3.24. The van der Waals surface area contributed by atoms with Crippen LogP contribution in [0.25, 0.3) is 6.08 Å². The van der Waals surface area contributed by atoms with E-state index in [9.17, 15) is 9.59 Å². The van der Waals surface area contributed by atoms with Crippen molar-refractivity contribution in [3.8, 4) is 17.2 Å². The number of hydrogen-bond acceptors (Lipinski definition) is 7. The molecule has 8 nitrogen and oxygen atoms in total. The van der Waals surface area contributed by atoms with Crippen LogP contribution in [0.1, 0.15) is 51.8 Å². The second-order valence-corrected chi connectivity index (χ2v) is 9.70. The van der Waals surface area contributed by atoms with Crippen LogP contribution in [-0.4, -0.2) is 48.3 Å². The molecule has 0 saturated heterocycles. The van der Waals surface area contributed by atoms with E-state index in [1.807, 2.05) is 44.2 Å². The van der Waals surface area contributed by atoms with E-state index >= 15 is 0 Å². The molecule has 1 unspecified atom stereocenters. The molecule has 0 saturated carbocycles. The van der Waals surface area contributed by atoms with Crippen molar-refractivity contribution in [1.82, 2.24) is 10.2 Å². The number of carbonyl (C=O) groups excluding carboxylic acids is 2. The van der Waals surface area contributed by atoms with Crippen molar-refractivity contribution in [2.24, 2.45) is 0 Å². The molecular weight excluding hydrogens is 528 g/mol. The predicted molar refractivity (Wildman–Crippen MR) is 159 cm³/mol. The van der Waals surface area contributed by atoms with E-state index < -0.39 is 12.0 Å². The number of thiocarbonyl (C=S) groups is 1. The Morgan fingerprint density at radius 1 is 1.15 bits per heavy atom. The number of rotatable bonds is 11. The largest absolute Gasteiger partial charge is 0.493 e. The molecule has 2 aromatic rings. The van der Waals surface area contributed by atoms with Crippen LogP contribution in [0, 0.1) is 0 Å². The van der Waals surface area contributed by atoms with E-state index in [1.165, 1.54) is 4.90 Å². The van der Waals surface area contributed by atoms with Gasteiger partial charge < -0.3 is 24.3 Å². The fourth-order valence-electron chi connectivity index (χ4n) is 4.33. The Morgan fingerprint density at radius 3 is 2.52 bits per heavy atom. The maximum atomic E-state index is 14.1. The summed E-state index contributed by atoms with van der Waals surface area (Å²) in [5, 5.41) is 3.19. The number of amides is 1. The van der Waals surface area contributed by atoms with Gasteiger partial charge in [-0.05, 0) is 76.7 Å². The van der Waals surface area contributed by atoms with Gasteiger partial charge in [0.25, 0.3) is 5.91 Å². The summed E-state index contributed by atoms with van der Waals surface area (Å²) in [5.74, 6) is 0.695. The molecule has 1 atom stereocenters. The molecule has 1 aliphatic rings. The third kappa shape index (κ3) is 6.90. The molecule has 1 N–H and O–H groups in total. The molecule has 212 valence electrons. The van der Waals surface area contributed by atoms with Crippen LogP contribution in [0.15, 0.2) is 72.0 Å². The number of esters is 1. The maximum absolute atomic E-state index is 14.1. The first-order chi connectivity index (χ1) is 19.1. The number of ether oxygens (including phenoxy) is 4. The normalized spacial score (nSPS) is 15.5. The van der Waals surface area contributed by atoms with E-state index in [-0.39, 0.29) is 29.3 Å². The van der Waals surface area contributed by atoms with Crippen LogP contribution in [-0.2, 0) is 14.3 Å². The Kier molecular flexibility index (Phi) is 10.5. The molecule has 0 aromatic heterocycles. The Bertz CT molecular complexity index is 1350. The minimum atomic E-state index is -0.872. The molecule has 1 aliphatic heterocycles. The highest BCUT2D eigenvalue weighted by Gasteiger charge is 2.41. The summed E-state index contributed by atoms with van der Waals surface area (Å²) in [5.41, 5.74) is 2.53. The molecule has 2 aromatic carbocycles. The molecule has 0 radical (unpaired) electrons. The molecule has 0 aliphatic carbocycles. The zero-order valence-corrected chi connectivity index (χ0v) is 24.6. The zero-order valence-electron chi connectivity index (χ0n) is 23.8. The minimum absolute atomic E-state index is 0.134. The van der Waals surface area contributed by atoms with Crippen LogP contribution in [0.2, 0.25) is 0 Å². The lowest BCUT2D eigenvalue weighted by Gasteiger charge is -2.39. The Hall–Kier alpha value is -4.11. The molecule has 0 bridgehead atoms. The number of carbonyl (C=O) groups is 2. The lowest BCUT2D eigenvalue weighted by Crippen LogP contribution is -2.51. The first-order valence-electron chi connectivity index (χ1n) is 13.0. The van der Waals surface area contributed by atoms with Crippen LogP contribution in [0.3, 0.4) is 0 Å². The van der Waals surface area contributed by atoms with Gasteiger partial charge in [0.2, 0.25) is 0 Å². The van der Waals surface area contributed by atoms with E-state index in [4.69, 9.17) is 31.2 Å². The van der Waals surface area contributed by atoms with Gasteiger partial charge in [-0.2, -0.15) is 0 Å². The smallest absolute Gasteiger partial charge is 0.338 e.